The highest BCUT2D eigenvalue weighted by molar-refractivity contribution is 7.90. The first-order valence-electron chi connectivity index (χ1n) is 13.0. The van der Waals surface area contributed by atoms with Crippen molar-refractivity contribution in [2.45, 2.75) is 43.8 Å². The van der Waals surface area contributed by atoms with Crippen LogP contribution >= 0.6 is 0 Å². The van der Waals surface area contributed by atoms with Gasteiger partial charge in [-0.1, -0.05) is 43.7 Å². The van der Waals surface area contributed by atoms with Crippen LogP contribution in [-0.2, 0) is 22.0 Å². The van der Waals surface area contributed by atoms with Gasteiger partial charge in [0.1, 0.15) is 0 Å². The predicted octanol–water partition coefficient (Wildman–Crippen LogP) is 5.42. The third-order valence-electron chi connectivity index (χ3n) is 7.06. The van der Waals surface area contributed by atoms with Gasteiger partial charge in [-0.2, -0.15) is 0 Å². The fraction of sp³-hybridized carbons (Fsp3) is 0.367. The maximum atomic E-state index is 13.8. The van der Waals surface area contributed by atoms with Crippen LogP contribution in [0.15, 0.2) is 65.6 Å². The standard InChI is InChI=1S/C30H35FN2O4S/c1-4-5-6-23-8-10-24(11-9-23)21-38(35,36)26-13-7-22(2)27(20-26)30(34)33-17-15-32(16-18-33)25-12-14-28(31)29(19-25)37-3/h7-14,19-20H,4-6,15-18,21H2,1-3H3. The van der Waals surface area contributed by atoms with Crippen molar-refractivity contribution in [2.75, 3.05) is 38.2 Å². The molecule has 0 radical (unpaired) electrons. The highest BCUT2D eigenvalue weighted by atomic mass is 32.2. The number of carbonyl (C=O) groups excluding carboxylic acids is 1. The first-order chi connectivity index (χ1) is 18.2. The summed E-state index contributed by atoms with van der Waals surface area (Å²) in [7, 11) is -2.19. The molecule has 3 aromatic rings. The van der Waals surface area contributed by atoms with E-state index in [0.717, 1.165) is 36.1 Å². The summed E-state index contributed by atoms with van der Waals surface area (Å²) in [5, 5.41) is 0. The molecule has 0 aliphatic carbocycles. The SMILES string of the molecule is CCCCc1ccc(CS(=O)(=O)c2ccc(C)c(C(=O)N3CCN(c4ccc(F)c(OC)c4)CC3)c2)cc1. The molecule has 0 spiro atoms. The van der Waals surface area contributed by atoms with Crippen LogP contribution in [0.5, 0.6) is 5.75 Å². The summed E-state index contributed by atoms with van der Waals surface area (Å²) in [6.07, 6.45) is 3.21. The summed E-state index contributed by atoms with van der Waals surface area (Å²) in [4.78, 5) is 17.4. The minimum absolute atomic E-state index is 0.114. The van der Waals surface area contributed by atoms with Gasteiger partial charge in [0.25, 0.3) is 5.91 Å². The lowest BCUT2D eigenvalue weighted by Gasteiger charge is -2.36. The molecule has 0 N–H and O–H groups in total. The summed E-state index contributed by atoms with van der Waals surface area (Å²) in [5.41, 5.74) is 3.90. The number of hydrogen-bond donors (Lipinski definition) is 0. The number of aryl methyl sites for hydroxylation is 2. The first kappa shape index (κ1) is 27.6. The second kappa shape index (κ2) is 12.0. The number of hydrogen-bond acceptors (Lipinski definition) is 5. The van der Waals surface area contributed by atoms with Crippen molar-refractivity contribution >= 4 is 21.4 Å². The monoisotopic (exact) mass is 538 g/mol. The van der Waals surface area contributed by atoms with Crippen molar-refractivity contribution in [3.8, 4) is 5.75 Å². The minimum atomic E-state index is -3.62. The van der Waals surface area contributed by atoms with E-state index < -0.39 is 15.7 Å². The van der Waals surface area contributed by atoms with E-state index in [9.17, 15) is 17.6 Å². The van der Waals surface area contributed by atoms with Crippen LogP contribution in [-0.4, -0.2) is 52.5 Å². The zero-order valence-electron chi connectivity index (χ0n) is 22.2. The van der Waals surface area contributed by atoms with Crippen molar-refractivity contribution in [3.05, 3.63) is 88.7 Å². The van der Waals surface area contributed by atoms with E-state index >= 15 is 0 Å². The second-order valence-electron chi connectivity index (χ2n) is 9.75. The minimum Gasteiger partial charge on any atom is -0.494 e. The summed E-state index contributed by atoms with van der Waals surface area (Å²) < 4.78 is 45.3. The van der Waals surface area contributed by atoms with Crippen LogP contribution in [0.3, 0.4) is 0 Å². The Morgan fingerprint density at radius 3 is 2.29 bits per heavy atom. The fourth-order valence-electron chi connectivity index (χ4n) is 4.69. The molecule has 1 aliphatic rings. The van der Waals surface area contributed by atoms with Gasteiger partial charge >= 0.3 is 0 Å². The first-order valence-corrected chi connectivity index (χ1v) is 14.7. The lowest BCUT2D eigenvalue weighted by Crippen LogP contribution is -2.49. The topological polar surface area (TPSA) is 66.9 Å². The molecule has 3 aromatic carbocycles. The van der Waals surface area contributed by atoms with E-state index in [-0.39, 0.29) is 22.3 Å². The quantitative estimate of drug-likeness (QED) is 0.364. The average molecular weight is 539 g/mol. The van der Waals surface area contributed by atoms with E-state index in [2.05, 4.69) is 11.8 Å². The highest BCUT2D eigenvalue weighted by Gasteiger charge is 2.26. The maximum absolute atomic E-state index is 13.8. The molecule has 0 aromatic heterocycles. The van der Waals surface area contributed by atoms with Crippen molar-refractivity contribution < 1.29 is 22.3 Å². The number of carbonyl (C=O) groups is 1. The maximum Gasteiger partial charge on any atom is 0.254 e. The van der Waals surface area contributed by atoms with Crippen molar-refractivity contribution in [2.24, 2.45) is 0 Å². The summed E-state index contributed by atoms with van der Waals surface area (Å²) in [6.45, 7) is 6.06. The molecule has 0 saturated carbocycles. The molecule has 0 unspecified atom stereocenters. The average Bonchev–Trinajstić information content (AvgIpc) is 2.92. The Hall–Kier alpha value is -3.39. The van der Waals surface area contributed by atoms with Crippen LogP contribution in [0.2, 0.25) is 0 Å². The van der Waals surface area contributed by atoms with Gasteiger partial charge in [-0.15, -0.1) is 0 Å². The third-order valence-corrected chi connectivity index (χ3v) is 8.75. The number of nitrogens with zero attached hydrogens (tertiary/aromatic N) is 2. The van der Waals surface area contributed by atoms with E-state index in [1.807, 2.05) is 31.2 Å². The van der Waals surface area contributed by atoms with Gasteiger partial charge in [0.2, 0.25) is 0 Å². The molecule has 0 atom stereocenters. The smallest absolute Gasteiger partial charge is 0.254 e. The van der Waals surface area contributed by atoms with Gasteiger partial charge in [0.15, 0.2) is 21.4 Å². The Morgan fingerprint density at radius 1 is 0.947 bits per heavy atom. The molecular formula is C30H35FN2O4S. The van der Waals surface area contributed by atoms with Gasteiger partial charge in [-0.3, -0.25) is 4.79 Å². The lowest BCUT2D eigenvalue weighted by atomic mass is 10.1. The van der Waals surface area contributed by atoms with Crippen LogP contribution < -0.4 is 9.64 Å². The molecule has 38 heavy (non-hydrogen) atoms. The van der Waals surface area contributed by atoms with Crippen molar-refractivity contribution in [1.82, 2.24) is 4.90 Å². The predicted molar refractivity (Wildman–Crippen MR) is 148 cm³/mol. The van der Waals surface area contributed by atoms with E-state index in [4.69, 9.17) is 4.74 Å². The molecule has 6 nitrogen and oxygen atoms in total. The highest BCUT2D eigenvalue weighted by Crippen LogP contribution is 2.26. The number of benzene rings is 3. The Kier molecular flexibility index (Phi) is 8.72. The summed E-state index contributed by atoms with van der Waals surface area (Å²) in [5.74, 6) is -0.532. The summed E-state index contributed by atoms with van der Waals surface area (Å²) in [6, 6.07) is 17.3. The van der Waals surface area contributed by atoms with Crippen LogP contribution in [0.25, 0.3) is 0 Å². The number of rotatable bonds is 9. The molecule has 1 heterocycles. The van der Waals surface area contributed by atoms with E-state index in [0.29, 0.717) is 31.7 Å². The van der Waals surface area contributed by atoms with Crippen molar-refractivity contribution in [1.29, 1.82) is 0 Å². The molecule has 8 heteroatoms. The Balaban J connectivity index is 1.44. The number of unbranched alkanes of at least 4 members (excludes halogenated alkanes) is 1. The number of methoxy groups -OCH3 is 1. The number of piperazine rings is 1. The zero-order chi connectivity index (χ0) is 27.3. The Labute approximate surface area is 225 Å². The molecule has 1 saturated heterocycles. The van der Waals surface area contributed by atoms with Crippen LogP contribution in [0.4, 0.5) is 10.1 Å². The number of ether oxygens (including phenoxy) is 1. The van der Waals surface area contributed by atoms with Crippen LogP contribution in [0.1, 0.15) is 46.8 Å². The Bertz CT molecular complexity index is 1380. The van der Waals surface area contributed by atoms with E-state index in [1.54, 1.807) is 29.2 Å². The van der Waals surface area contributed by atoms with Crippen LogP contribution in [0, 0.1) is 12.7 Å². The molecular weight excluding hydrogens is 503 g/mol. The van der Waals surface area contributed by atoms with Gasteiger partial charge < -0.3 is 14.5 Å². The normalized spacial score (nSPS) is 14.0. The van der Waals surface area contributed by atoms with Gasteiger partial charge in [-0.05, 0) is 60.7 Å². The van der Waals surface area contributed by atoms with Gasteiger partial charge in [0.05, 0.1) is 17.8 Å². The number of amides is 1. The zero-order valence-corrected chi connectivity index (χ0v) is 23.1. The number of halogens is 1. The fourth-order valence-corrected chi connectivity index (χ4v) is 6.06. The van der Waals surface area contributed by atoms with Gasteiger partial charge in [0, 0.05) is 43.5 Å². The van der Waals surface area contributed by atoms with E-state index in [1.165, 1.54) is 24.8 Å². The Morgan fingerprint density at radius 2 is 1.63 bits per heavy atom. The molecule has 1 amide bonds. The number of sulfone groups is 1. The largest absolute Gasteiger partial charge is 0.494 e. The third kappa shape index (κ3) is 6.35. The second-order valence-corrected chi connectivity index (χ2v) is 11.7. The molecule has 202 valence electrons. The lowest BCUT2D eigenvalue weighted by molar-refractivity contribution is 0.0745. The summed E-state index contributed by atoms with van der Waals surface area (Å²) >= 11 is 0. The molecule has 1 aliphatic heterocycles. The van der Waals surface area contributed by atoms with Gasteiger partial charge in [-0.25, -0.2) is 12.8 Å². The number of anilines is 1. The molecule has 1 fully saturated rings. The van der Waals surface area contributed by atoms with Crippen molar-refractivity contribution in [3.63, 3.8) is 0 Å². The molecule has 0 bridgehead atoms. The molecule has 4 rings (SSSR count).